The van der Waals surface area contributed by atoms with Crippen molar-refractivity contribution in [3.05, 3.63) is 100 Å². The number of allylic oxidation sites excluding steroid dienone is 9. The van der Waals surface area contributed by atoms with Gasteiger partial charge in [-0.1, -0.05) is 44.2 Å². The molecule has 1 amide bonds. The highest BCUT2D eigenvalue weighted by atomic mass is 19.1. The molecule has 1 aromatic heterocycles. The molecule has 34 heavy (non-hydrogen) atoms. The number of non-ortho nitro benzene ring substituents is 1. The van der Waals surface area contributed by atoms with Gasteiger partial charge in [-0.25, -0.2) is 4.39 Å². The fourth-order valence-corrected chi connectivity index (χ4v) is 3.23. The third-order valence-corrected chi connectivity index (χ3v) is 4.72. The van der Waals surface area contributed by atoms with E-state index in [9.17, 15) is 19.3 Å². The van der Waals surface area contributed by atoms with Gasteiger partial charge in [0.05, 0.1) is 16.8 Å². The van der Waals surface area contributed by atoms with Gasteiger partial charge in [0, 0.05) is 35.8 Å². The van der Waals surface area contributed by atoms with Gasteiger partial charge in [0.2, 0.25) is 0 Å². The highest BCUT2D eigenvalue weighted by molar-refractivity contribution is 6.02. The number of carbonyl (C=O) groups excluding carboxylic acids is 1. The predicted molar refractivity (Wildman–Crippen MR) is 136 cm³/mol. The summed E-state index contributed by atoms with van der Waals surface area (Å²) < 4.78 is 14.0. The maximum absolute atomic E-state index is 12.6. The summed E-state index contributed by atoms with van der Waals surface area (Å²) in [4.78, 5) is 27.1. The molecule has 0 bridgehead atoms. The first-order valence-electron chi connectivity index (χ1n) is 11.2. The van der Waals surface area contributed by atoms with E-state index in [0.29, 0.717) is 29.7 Å². The summed E-state index contributed by atoms with van der Waals surface area (Å²) in [5, 5.41) is 14.4. The van der Waals surface area contributed by atoms with Gasteiger partial charge in [-0.3, -0.25) is 19.9 Å². The molecule has 0 fully saturated rings. The third kappa shape index (κ3) is 7.23. The molecule has 1 aliphatic carbocycles. The SMILES string of the molecule is CC.CCn1c(C(=O)NC2=CCC=CN=C2)cc2cc([N+](=O)[O-])ccc21.FC1=CC=CCC=C1. The van der Waals surface area contributed by atoms with E-state index < -0.39 is 4.92 Å². The number of nitro benzene ring substituents is 1. The lowest BCUT2D eigenvalue weighted by Crippen LogP contribution is -2.25. The van der Waals surface area contributed by atoms with E-state index in [1.807, 2.05) is 43.6 Å². The first-order chi connectivity index (χ1) is 16.5. The van der Waals surface area contributed by atoms with Crippen LogP contribution in [0.25, 0.3) is 10.9 Å². The minimum atomic E-state index is -0.442. The molecule has 0 atom stereocenters. The average Bonchev–Trinajstić information content (AvgIpc) is 3.00. The lowest BCUT2D eigenvalue weighted by molar-refractivity contribution is -0.384. The van der Waals surface area contributed by atoms with Crippen LogP contribution in [-0.4, -0.2) is 21.6 Å². The number of fused-ring (bicyclic) bond motifs is 1. The maximum Gasteiger partial charge on any atom is 0.272 e. The monoisotopic (exact) mass is 464 g/mol. The van der Waals surface area contributed by atoms with Crippen molar-refractivity contribution in [2.24, 2.45) is 4.99 Å². The minimum absolute atomic E-state index is 0.00685. The number of carbonyl (C=O) groups is 1. The Morgan fingerprint density at radius 3 is 2.74 bits per heavy atom. The number of nitrogens with one attached hydrogen (secondary N) is 1. The van der Waals surface area contributed by atoms with E-state index in [1.54, 1.807) is 36.7 Å². The summed E-state index contributed by atoms with van der Waals surface area (Å²) in [5.74, 6) is -0.436. The van der Waals surface area contributed by atoms with Gasteiger partial charge in [-0.05, 0) is 44.1 Å². The van der Waals surface area contributed by atoms with Crippen LogP contribution in [0.1, 0.15) is 44.1 Å². The molecule has 0 spiro atoms. The van der Waals surface area contributed by atoms with Crippen LogP contribution in [0.15, 0.2) is 89.5 Å². The molecular weight excluding hydrogens is 435 g/mol. The fourth-order valence-electron chi connectivity index (χ4n) is 3.23. The quantitative estimate of drug-likeness (QED) is 0.411. The number of amides is 1. The van der Waals surface area contributed by atoms with Gasteiger partial charge in [0.1, 0.15) is 11.5 Å². The number of nitro groups is 1. The number of aliphatic imine (C=N–C) groups is 1. The average molecular weight is 465 g/mol. The molecule has 2 aliphatic rings. The molecule has 1 aromatic carbocycles. The van der Waals surface area contributed by atoms with Crippen molar-refractivity contribution in [1.29, 1.82) is 0 Å². The van der Waals surface area contributed by atoms with Crippen LogP contribution in [0, 0.1) is 10.1 Å². The van der Waals surface area contributed by atoms with Crippen molar-refractivity contribution in [2.45, 2.75) is 40.2 Å². The third-order valence-electron chi connectivity index (χ3n) is 4.72. The number of benzene rings is 1. The van der Waals surface area contributed by atoms with Crippen molar-refractivity contribution in [2.75, 3.05) is 0 Å². The van der Waals surface area contributed by atoms with Gasteiger partial charge in [0.25, 0.3) is 11.6 Å². The number of rotatable bonds is 4. The minimum Gasteiger partial charge on any atom is -0.337 e. The molecule has 1 aliphatic heterocycles. The molecular formula is C26H29FN4O3. The first-order valence-corrected chi connectivity index (χ1v) is 11.2. The molecule has 4 rings (SSSR count). The van der Waals surface area contributed by atoms with Crippen LogP contribution < -0.4 is 5.32 Å². The van der Waals surface area contributed by atoms with Crippen molar-refractivity contribution in [3.63, 3.8) is 0 Å². The van der Waals surface area contributed by atoms with Crippen LogP contribution in [0.3, 0.4) is 0 Å². The number of nitrogens with zero attached hydrogens (tertiary/aromatic N) is 3. The summed E-state index contributed by atoms with van der Waals surface area (Å²) >= 11 is 0. The van der Waals surface area contributed by atoms with Crippen molar-refractivity contribution in [3.8, 4) is 0 Å². The second-order valence-electron chi connectivity index (χ2n) is 6.90. The Kier molecular flexibility index (Phi) is 10.4. The number of hydrogen-bond donors (Lipinski definition) is 1. The zero-order chi connectivity index (χ0) is 24.9. The molecule has 0 unspecified atom stereocenters. The summed E-state index contributed by atoms with van der Waals surface area (Å²) in [6, 6.07) is 6.27. The van der Waals surface area contributed by atoms with Crippen LogP contribution in [0.5, 0.6) is 0 Å². The Bertz CT molecular complexity index is 1200. The second kappa shape index (κ2) is 13.5. The number of hydrogen-bond acceptors (Lipinski definition) is 4. The van der Waals surface area contributed by atoms with Crippen LogP contribution >= 0.6 is 0 Å². The lowest BCUT2D eigenvalue weighted by atomic mass is 10.2. The van der Waals surface area contributed by atoms with E-state index in [-0.39, 0.29) is 17.4 Å². The Labute approximate surface area is 198 Å². The van der Waals surface area contributed by atoms with Crippen LogP contribution in [0.4, 0.5) is 10.1 Å². The zero-order valence-electron chi connectivity index (χ0n) is 19.6. The van der Waals surface area contributed by atoms with Gasteiger partial charge in [-0.15, -0.1) is 0 Å². The molecule has 0 saturated heterocycles. The smallest absolute Gasteiger partial charge is 0.272 e. The summed E-state index contributed by atoms with van der Waals surface area (Å²) in [6.45, 7) is 6.51. The van der Waals surface area contributed by atoms with Crippen molar-refractivity contribution < 1.29 is 14.1 Å². The standard InChI is InChI=1S/C17H16N4O3.C7H7F.C2H6/c1-2-20-15-7-6-14(21(23)24)9-12(15)10-16(20)17(22)19-13-5-3-4-8-18-11-13;8-7-5-3-1-2-4-6-7;1-2/h4-11H,2-3H2,1H3,(H,19,22);1,3-6H,2H2;1-2H3. The Morgan fingerprint density at radius 1 is 1.21 bits per heavy atom. The number of aryl methyl sites for hydroxylation is 1. The molecule has 178 valence electrons. The van der Waals surface area contributed by atoms with Gasteiger partial charge in [-0.2, -0.15) is 0 Å². The molecule has 1 N–H and O–H groups in total. The van der Waals surface area contributed by atoms with Crippen LogP contribution in [-0.2, 0) is 6.54 Å². The summed E-state index contributed by atoms with van der Waals surface area (Å²) in [5.41, 5.74) is 1.88. The molecule has 7 nitrogen and oxygen atoms in total. The Morgan fingerprint density at radius 2 is 2.00 bits per heavy atom. The topological polar surface area (TPSA) is 89.5 Å². The summed E-state index contributed by atoms with van der Waals surface area (Å²) in [6.07, 6.45) is 16.9. The van der Waals surface area contributed by atoms with Crippen molar-refractivity contribution >= 4 is 28.7 Å². The molecule has 0 radical (unpaired) electrons. The van der Waals surface area contributed by atoms with E-state index >= 15 is 0 Å². The van der Waals surface area contributed by atoms with Crippen LogP contribution in [0.2, 0.25) is 0 Å². The summed E-state index contributed by atoms with van der Waals surface area (Å²) in [7, 11) is 0. The highest BCUT2D eigenvalue weighted by Crippen LogP contribution is 2.25. The van der Waals surface area contributed by atoms with Gasteiger partial charge in [0.15, 0.2) is 0 Å². The number of aromatic nitrogens is 1. The zero-order valence-corrected chi connectivity index (χ0v) is 19.6. The maximum atomic E-state index is 12.6. The largest absolute Gasteiger partial charge is 0.337 e. The fraction of sp³-hybridized carbons (Fsp3) is 0.231. The Balaban J connectivity index is 0.000000343. The number of halogens is 1. The molecule has 0 saturated carbocycles. The second-order valence-corrected chi connectivity index (χ2v) is 6.90. The lowest BCUT2D eigenvalue weighted by Gasteiger charge is -2.09. The first kappa shape index (κ1) is 26.2. The van der Waals surface area contributed by atoms with E-state index in [1.165, 1.54) is 24.3 Å². The molecule has 8 heteroatoms. The normalized spacial score (nSPS) is 14.0. The highest BCUT2D eigenvalue weighted by Gasteiger charge is 2.17. The van der Waals surface area contributed by atoms with E-state index in [0.717, 1.165) is 11.9 Å². The molecule has 2 heterocycles. The Hall–Kier alpha value is -4.07. The van der Waals surface area contributed by atoms with Gasteiger partial charge < -0.3 is 9.88 Å². The van der Waals surface area contributed by atoms with E-state index in [2.05, 4.69) is 10.3 Å². The van der Waals surface area contributed by atoms with Crippen molar-refractivity contribution in [1.82, 2.24) is 9.88 Å². The predicted octanol–water partition coefficient (Wildman–Crippen LogP) is 6.55. The molecule has 2 aromatic rings. The van der Waals surface area contributed by atoms with Gasteiger partial charge >= 0.3 is 0 Å². The van der Waals surface area contributed by atoms with E-state index in [4.69, 9.17) is 0 Å².